The summed E-state index contributed by atoms with van der Waals surface area (Å²) in [6.45, 7) is 0.452. The molecule has 0 aromatic heterocycles. The van der Waals surface area contributed by atoms with Crippen molar-refractivity contribution < 1.29 is 14.6 Å². The standard InChI is InChI=1S/C15H23NO3/c1-18-13-5-3-4-11(8-13)15(17)7-6-14(19-2)9-12(15)10-16/h3-5,8,12,14,17H,6-7,9-10,16H2,1-2H3. The Balaban J connectivity index is 2.29. The number of hydrogen-bond acceptors (Lipinski definition) is 4. The van der Waals surface area contributed by atoms with E-state index in [2.05, 4.69) is 0 Å². The summed E-state index contributed by atoms with van der Waals surface area (Å²) in [4.78, 5) is 0. The first-order chi connectivity index (χ1) is 9.13. The van der Waals surface area contributed by atoms with Crippen molar-refractivity contribution in [1.82, 2.24) is 0 Å². The molecule has 19 heavy (non-hydrogen) atoms. The Kier molecular flexibility index (Phi) is 4.45. The van der Waals surface area contributed by atoms with Gasteiger partial charge in [-0.3, -0.25) is 0 Å². The van der Waals surface area contributed by atoms with Crippen LogP contribution in [0, 0.1) is 5.92 Å². The van der Waals surface area contributed by atoms with Crippen LogP contribution in [-0.4, -0.2) is 32.0 Å². The second-order valence-corrected chi connectivity index (χ2v) is 5.22. The molecule has 1 fully saturated rings. The Bertz CT molecular complexity index is 424. The van der Waals surface area contributed by atoms with Crippen LogP contribution in [0.3, 0.4) is 0 Å². The molecule has 0 heterocycles. The van der Waals surface area contributed by atoms with Gasteiger partial charge in [-0.15, -0.1) is 0 Å². The predicted octanol–water partition coefficient (Wildman–Crippen LogP) is 1.66. The van der Waals surface area contributed by atoms with Crippen molar-refractivity contribution in [3.05, 3.63) is 29.8 Å². The number of rotatable bonds is 4. The van der Waals surface area contributed by atoms with Crippen LogP contribution in [0.2, 0.25) is 0 Å². The third-order valence-corrected chi connectivity index (χ3v) is 4.26. The minimum atomic E-state index is -0.877. The molecule has 1 aromatic carbocycles. The lowest BCUT2D eigenvalue weighted by Crippen LogP contribution is -2.45. The molecule has 0 spiro atoms. The summed E-state index contributed by atoms with van der Waals surface area (Å²) in [5.41, 5.74) is 5.87. The summed E-state index contributed by atoms with van der Waals surface area (Å²) < 4.78 is 10.6. The molecule has 0 bridgehead atoms. The first-order valence-electron chi connectivity index (χ1n) is 6.73. The molecule has 0 amide bonds. The largest absolute Gasteiger partial charge is 0.497 e. The molecule has 3 N–H and O–H groups in total. The number of aliphatic hydroxyl groups is 1. The molecule has 1 aliphatic carbocycles. The van der Waals surface area contributed by atoms with Gasteiger partial charge in [0.1, 0.15) is 5.75 Å². The highest BCUT2D eigenvalue weighted by Gasteiger charge is 2.42. The van der Waals surface area contributed by atoms with Crippen molar-refractivity contribution in [2.24, 2.45) is 11.7 Å². The zero-order chi connectivity index (χ0) is 13.9. The lowest BCUT2D eigenvalue weighted by molar-refractivity contribution is -0.0908. The number of hydrogen-bond donors (Lipinski definition) is 2. The van der Waals surface area contributed by atoms with E-state index in [-0.39, 0.29) is 12.0 Å². The molecule has 1 aliphatic rings. The van der Waals surface area contributed by atoms with Crippen LogP contribution >= 0.6 is 0 Å². The molecule has 4 nitrogen and oxygen atoms in total. The van der Waals surface area contributed by atoms with Gasteiger partial charge in [0.05, 0.1) is 18.8 Å². The fraction of sp³-hybridized carbons (Fsp3) is 0.600. The maximum absolute atomic E-state index is 11.0. The van der Waals surface area contributed by atoms with Crippen molar-refractivity contribution in [2.75, 3.05) is 20.8 Å². The lowest BCUT2D eigenvalue weighted by atomic mass is 9.70. The smallest absolute Gasteiger partial charge is 0.119 e. The minimum Gasteiger partial charge on any atom is -0.497 e. The molecule has 4 heteroatoms. The van der Waals surface area contributed by atoms with Gasteiger partial charge in [-0.2, -0.15) is 0 Å². The van der Waals surface area contributed by atoms with Gasteiger partial charge in [-0.1, -0.05) is 12.1 Å². The molecule has 3 unspecified atom stereocenters. The van der Waals surface area contributed by atoms with E-state index in [9.17, 15) is 5.11 Å². The monoisotopic (exact) mass is 265 g/mol. The average molecular weight is 265 g/mol. The van der Waals surface area contributed by atoms with Crippen molar-refractivity contribution >= 4 is 0 Å². The van der Waals surface area contributed by atoms with E-state index < -0.39 is 5.60 Å². The van der Waals surface area contributed by atoms with Gasteiger partial charge in [-0.05, 0) is 43.5 Å². The van der Waals surface area contributed by atoms with Crippen LogP contribution in [0.4, 0.5) is 0 Å². The summed E-state index contributed by atoms with van der Waals surface area (Å²) in [6.07, 6.45) is 2.50. The summed E-state index contributed by atoms with van der Waals surface area (Å²) in [5.74, 6) is 0.772. The fourth-order valence-corrected chi connectivity index (χ4v) is 2.99. The van der Waals surface area contributed by atoms with Crippen LogP contribution in [0.25, 0.3) is 0 Å². The van der Waals surface area contributed by atoms with E-state index in [0.29, 0.717) is 13.0 Å². The van der Waals surface area contributed by atoms with E-state index in [4.69, 9.17) is 15.2 Å². The molecule has 2 rings (SSSR count). The molecular formula is C15H23NO3. The van der Waals surface area contributed by atoms with Gasteiger partial charge in [0.15, 0.2) is 0 Å². The molecule has 3 atom stereocenters. The molecule has 0 aliphatic heterocycles. The van der Waals surface area contributed by atoms with Crippen molar-refractivity contribution in [3.63, 3.8) is 0 Å². The first kappa shape index (κ1) is 14.3. The normalized spacial score (nSPS) is 31.2. The van der Waals surface area contributed by atoms with E-state index in [1.54, 1.807) is 14.2 Å². The van der Waals surface area contributed by atoms with Crippen LogP contribution < -0.4 is 10.5 Å². The Morgan fingerprint density at radius 1 is 1.42 bits per heavy atom. The molecule has 106 valence electrons. The zero-order valence-corrected chi connectivity index (χ0v) is 11.6. The zero-order valence-electron chi connectivity index (χ0n) is 11.6. The van der Waals surface area contributed by atoms with Gasteiger partial charge in [0.25, 0.3) is 0 Å². The van der Waals surface area contributed by atoms with Gasteiger partial charge in [0.2, 0.25) is 0 Å². The summed E-state index contributed by atoms with van der Waals surface area (Å²) in [6, 6.07) is 7.63. The Hall–Kier alpha value is -1.10. The van der Waals surface area contributed by atoms with Crippen LogP contribution in [0.15, 0.2) is 24.3 Å². The van der Waals surface area contributed by atoms with Crippen molar-refractivity contribution in [1.29, 1.82) is 0 Å². The molecule has 1 saturated carbocycles. The topological polar surface area (TPSA) is 64.7 Å². The first-order valence-corrected chi connectivity index (χ1v) is 6.73. The van der Waals surface area contributed by atoms with Crippen LogP contribution in [0.5, 0.6) is 5.75 Å². The van der Waals surface area contributed by atoms with Gasteiger partial charge < -0.3 is 20.3 Å². The second-order valence-electron chi connectivity index (χ2n) is 5.22. The molecule has 1 aromatic rings. The van der Waals surface area contributed by atoms with Gasteiger partial charge >= 0.3 is 0 Å². The number of benzene rings is 1. The highest BCUT2D eigenvalue weighted by Crippen LogP contribution is 2.42. The number of methoxy groups -OCH3 is 2. The SMILES string of the molecule is COc1cccc(C2(O)CCC(OC)CC2CN)c1. The van der Waals surface area contributed by atoms with Gasteiger partial charge in [0, 0.05) is 13.0 Å². The number of nitrogens with two attached hydrogens (primary N) is 1. The van der Waals surface area contributed by atoms with E-state index >= 15 is 0 Å². The quantitative estimate of drug-likeness (QED) is 0.869. The Morgan fingerprint density at radius 2 is 2.21 bits per heavy atom. The van der Waals surface area contributed by atoms with Crippen LogP contribution in [0.1, 0.15) is 24.8 Å². The maximum atomic E-state index is 11.0. The van der Waals surface area contributed by atoms with Crippen molar-refractivity contribution in [3.8, 4) is 5.75 Å². The Morgan fingerprint density at radius 3 is 2.84 bits per heavy atom. The third-order valence-electron chi connectivity index (χ3n) is 4.26. The summed E-state index contributed by atoms with van der Waals surface area (Å²) >= 11 is 0. The summed E-state index contributed by atoms with van der Waals surface area (Å²) in [5, 5.41) is 11.0. The lowest BCUT2D eigenvalue weighted by Gasteiger charge is -2.42. The number of ether oxygens (including phenoxy) is 2. The highest BCUT2D eigenvalue weighted by atomic mass is 16.5. The average Bonchev–Trinajstić information content (AvgIpc) is 2.47. The predicted molar refractivity (Wildman–Crippen MR) is 74.1 cm³/mol. The molecule has 0 radical (unpaired) electrons. The van der Waals surface area contributed by atoms with E-state index in [1.165, 1.54) is 0 Å². The Labute approximate surface area is 114 Å². The third kappa shape index (κ3) is 2.76. The minimum absolute atomic E-state index is 0.0123. The molecular weight excluding hydrogens is 242 g/mol. The fourth-order valence-electron chi connectivity index (χ4n) is 2.99. The van der Waals surface area contributed by atoms with E-state index in [0.717, 1.165) is 24.2 Å². The van der Waals surface area contributed by atoms with Crippen molar-refractivity contribution in [2.45, 2.75) is 31.0 Å². The summed E-state index contributed by atoms with van der Waals surface area (Å²) in [7, 11) is 3.35. The maximum Gasteiger partial charge on any atom is 0.119 e. The second kappa shape index (κ2) is 5.90. The highest BCUT2D eigenvalue weighted by molar-refractivity contribution is 5.33. The van der Waals surface area contributed by atoms with Crippen LogP contribution in [-0.2, 0) is 10.3 Å². The van der Waals surface area contributed by atoms with E-state index in [1.807, 2.05) is 24.3 Å². The molecule has 0 saturated heterocycles. The van der Waals surface area contributed by atoms with Gasteiger partial charge in [-0.25, -0.2) is 0 Å².